The Morgan fingerprint density at radius 3 is 2.62 bits per heavy atom. The first kappa shape index (κ1) is 21.3. The highest BCUT2D eigenvalue weighted by Gasteiger charge is 2.26. The lowest BCUT2D eigenvalue weighted by atomic mass is 10.0. The van der Waals surface area contributed by atoms with Crippen molar-refractivity contribution in [1.82, 2.24) is 0 Å². The molecule has 0 atom stereocenters. The third-order valence-electron chi connectivity index (χ3n) is 5.54. The minimum Gasteiger partial charge on any atom is -0.497 e. The monoisotopic (exact) mass is 427 g/mol. The molecule has 0 fully saturated rings. The summed E-state index contributed by atoms with van der Waals surface area (Å²) >= 11 is 0. The Hall–Kier alpha value is -3.93. The zero-order valence-electron chi connectivity index (χ0n) is 18.4. The number of nitrogens with one attached hydrogen (secondary N) is 1. The van der Waals surface area contributed by atoms with Gasteiger partial charge in [0.2, 0.25) is 11.8 Å². The summed E-state index contributed by atoms with van der Waals surface area (Å²) in [4.78, 5) is 32.3. The van der Waals surface area contributed by atoms with Crippen molar-refractivity contribution in [1.29, 1.82) is 0 Å². The van der Waals surface area contributed by atoms with E-state index in [2.05, 4.69) is 18.3 Å². The predicted molar refractivity (Wildman–Crippen MR) is 127 cm³/mol. The first-order valence-electron chi connectivity index (χ1n) is 10.4. The SMILES string of the molecule is COc1cccc(NC(=O)CN2C(=O)CC(c3ccc(C)c(C)c3)=Nc3ccccc32)c1. The molecule has 32 heavy (non-hydrogen) atoms. The second-order valence-electron chi connectivity index (χ2n) is 7.78. The molecule has 6 nitrogen and oxygen atoms in total. The average Bonchev–Trinajstić information content (AvgIpc) is 2.92. The van der Waals surface area contributed by atoms with E-state index in [4.69, 9.17) is 9.73 Å². The van der Waals surface area contributed by atoms with Gasteiger partial charge in [0.05, 0.1) is 30.6 Å². The van der Waals surface area contributed by atoms with Crippen molar-refractivity contribution in [3.05, 3.63) is 83.4 Å². The summed E-state index contributed by atoms with van der Waals surface area (Å²) in [6.07, 6.45) is 0.115. The van der Waals surface area contributed by atoms with Crippen LogP contribution in [-0.4, -0.2) is 31.2 Å². The zero-order chi connectivity index (χ0) is 22.7. The predicted octanol–water partition coefficient (Wildman–Crippen LogP) is 4.81. The standard InChI is InChI=1S/C26H25N3O3/c1-17-11-12-19(13-18(17)2)23-15-26(31)29(24-10-5-4-9-22(24)28-23)16-25(30)27-20-7-6-8-21(14-20)32-3/h4-14H,15-16H2,1-3H3,(H,27,30). The topological polar surface area (TPSA) is 71.0 Å². The number of anilines is 2. The number of fused-ring (bicyclic) bond motifs is 1. The number of benzene rings is 3. The van der Waals surface area contributed by atoms with E-state index in [0.717, 1.165) is 11.1 Å². The van der Waals surface area contributed by atoms with Gasteiger partial charge in [-0.3, -0.25) is 14.6 Å². The lowest BCUT2D eigenvalue weighted by molar-refractivity contribution is -0.120. The number of ether oxygens (including phenoxy) is 1. The first-order valence-corrected chi connectivity index (χ1v) is 10.4. The number of hydrogen-bond acceptors (Lipinski definition) is 4. The summed E-state index contributed by atoms with van der Waals surface area (Å²) in [7, 11) is 1.57. The van der Waals surface area contributed by atoms with E-state index in [-0.39, 0.29) is 24.8 Å². The van der Waals surface area contributed by atoms with Gasteiger partial charge in [0.1, 0.15) is 12.3 Å². The molecule has 0 bridgehead atoms. The van der Waals surface area contributed by atoms with Crippen LogP contribution in [-0.2, 0) is 9.59 Å². The number of carbonyl (C=O) groups is 2. The second-order valence-corrected chi connectivity index (χ2v) is 7.78. The fraction of sp³-hybridized carbons (Fsp3) is 0.192. The van der Waals surface area contributed by atoms with Crippen molar-refractivity contribution >= 4 is 34.6 Å². The van der Waals surface area contributed by atoms with Crippen LogP contribution >= 0.6 is 0 Å². The van der Waals surface area contributed by atoms with Gasteiger partial charge in [-0.2, -0.15) is 0 Å². The van der Waals surface area contributed by atoms with Gasteiger partial charge in [-0.1, -0.05) is 30.3 Å². The second kappa shape index (κ2) is 9.06. The Morgan fingerprint density at radius 2 is 1.84 bits per heavy atom. The number of nitrogens with zero attached hydrogens (tertiary/aromatic N) is 2. The maximum atomic E-state index is 13.2. The fourth-order valence-corrected chi connectivity index (χ4v) is 3.65. The van der Waals surface area contributed by atoms with Crippen LogP contribution in [0.25, 0.3) is 0 Å². The number of rotatable bonds is 5. The smallest absolute Gasteiger partial charge is 0.244 e. The molecule has 0 unspecified atom stereocenters. The van der Waals surface area contributed by atoms with Crippen LogP contribution in [0.1, 0.15) is 23.1 Å². The van der Waals surface area contributed by atoms with Crippen LogP contribution in [0, 0.1) is 13.8 Å². The summed E-state index contributed by atoms with van der Waals surface area (Å²) in [6.45, 7) is 3.99. The number of para-hydroxylation sites is 2. The van der Waals surface area contributed by atoms with E-state index in [9.17, 15) is 9.59 Å². The van der Waals surface area contributed by atoms with Crippen LogP contribution in [0.4, 0.5) is 17.1 Å². The van der Waals surface area contributed by atoms with Crippen molar-refractivity contribution in [2.24, 2.45) is 4.99 Å². The molecular weight excluding hydrogens is 402 g/mol. The highest BCUT2D eigenvalue weighted by Crippen LogP contribution is 2.33. The van der Waals surface area contributed by atoms with E-state index in [1.165, 1.54) is 10.5 Å². The molecule has 1 aliphatic rings. The van der Waals surface area contributed by atoms with E-state index in [1.807, 2.05) is 43.3 Å². The van der Waals surface area contributed by atoms with Crippen molar-refractivity contribution in [2.75, 3.05) is 23.9 Å². The lowest BCUT2D eigenvalue weighted by Gasteiger charge is -2.22. The average molecular weight is 428 g/mol. The molecular formula is C26H25N3O3. The lowest BCUT2D eigenvalue weighted by Crippen LogP contribution is -2.38. The van der Waals surface area contributed by atoms with Crippen LogP contribution in [0.2, 0.25) is 0 Å². The maximum absolute atomic E-state index is 13.2. The number of carbonyl (C=O) groups excluding carboxylic acids is 2. The third-order valence-corrected chi connectivity index (χ3v) is 5.54. The Bertz CT molecular complexity index is 1220. The van der Waals surface area contributed by atoms with Gasteiger partial charge in [-0.25, -0.2) is 0 Å². The number of aliphatic imine (C=N–C) groups is 1. The minimum absolute atomic E-state index is 0.108. The van der Waals surface area contributed by atoms with Crippen molar-refractivity contribution in [3.8, 4) is 5.75 Å². The number of methoxy groups -OCH3 is 1. The van der Waals surface area contributed by atoms with Crippen LogP contribution in [0.15, 0.2) is 71.7 Å². The molecule has 0 radical (unpaired) electrons. The quantitative estimate of drug-likeness (QED) is 0.635. The normalized spacial score (nSPS) is 13.2. The summed E-state index contributed by atoms with van der Waals surface area (Å²) < 4.78 is 5.21. The molecule has 1 heterocycles. The van der Waals surface area contributed by atoms with Crippen molar-refractivity contribution < 1.29 is 14.3 Å². The van der Waals surface area contributed by atoms with Gasteiger partial charge in [0, 0.05) is 11.8 Å². The van der Waals surface area contributed by atoms with Gasteiger partial charge >= 0.3 is 0 Å². The molecule has 2 amide bonds. The Labute approximate surface area is 187 Å². The minimum atomic E-state index is -0.295. The van der Waals surface area contributed by atoms with Crippen LogP contribution < -0.4 is 15.0 Å². The molecule has 3 aromatic rings. The summed E-state index contributed by atoms with van der Waals surface area (Å²) in [6, 6.07) is 20.6. The molecule has 3 aromatic carbocycles. The van der Waals surface area contributed by atoms with E-state index in [0.29, 0.717) is 28.5 Å². The molecule has 1 aliphatic heterocycles. The highest BCUT2D eigenvalue weighted by atomic mass is 16.5. The summed E-state index contributed by atoms with van der Waals surface area (Å²) in [5.41, 5.74) is 5.84. The molecule has 0 aromatic heterocycles. The Morgan fingerprint density at radius 1 is 1.03 bits per heavy atom. The van der Waals surface area contributed by atoms with Gasteiger partial charge in [-0.05, 0) is 60.9 Å². The zero-order valence-corrected chi connectivity index (χ0v) is 18.4. The Balaban J connectivity index is 1.60. The van der Waals surface area contributed by atoms with Gasteiger partial charge in [-0.15, -0.1) is 0 Å². The van der Waals surface area contributed by atoms with Crippen LogP contribution in [0.5, 0.6) is 5.75 Å². The summed E-state index contributed by atoms with van der Waals surface area (Å²) in [5, 5.41) is 2.84. The molecule has 0 saturated carbocycles. The molecule has 0 spiro atoms. The first-order chi connectivity index (χ1) is 15.4. The van der Waals surface area contributed by atoms with Gasteiger partial charge < -0.3 is 15.0 Å². The Kier molecular flexibility index (Phi) is 6.03. The van der Waals surface area contributed by atoms with Crippen molar-refractivity contribution in [2.45, 2.75) is 20.3 Å². The van der Waals surface area contributed by atoms with E-state index < -0.39 is 0 Å². The molecule has 162 valence electrons. The molecule has 0 aliphatic carbocycles. The van der Waals surface area contributed by atoms with Crippen molar-refractivity contribution in [3.63, 3.8) is 0 Å². The van der Waals surface area contributed by atoms with Crippen LogP contribution in [0.3, 0.4) is 0 Å². The summed E-state index contributed by atoms with van der Waals surface area (Å²) in [5.74, 6) is 0.175. The molecule has 1 N–H and O–H groups in total. The van der Waals surface area contributed by atoms with Gasteiger partial charge in [0.15, 0.2) is 0 Å². The number of amides is 2. The molecule has 6 heteroatoms. The maximum Gasteiger partial charge on any atom is 0.244 e. The third kappa shape index (κ3) is 4.54. The molecule has 4 rings (SSSR count). The highest BCUT2D eigenvalue weighted by molar-refractivity contribution is 6.19. The van der Waals surface area contributed by atoms with Gasteiger partial charge in [0.25, 0.3) is 0 Å². The largest absolute Gasteiger partial charge is 0.497 e. The molecule has 0 saturated heterocycles. The van der Waals surface area contributed by atoms with E-state index in [1.54, 1.807) is 31.4 Å². The van der Waals surface area contributed by atoms with E-state index >= 15 is 0 Å². The number of hydrogen-bond donors (Lipinski definition) is 1. The fourth-order valence-electron chi connectivity index (χ4n) is 3.65. The number of aryl methyl sites for hydroxylation is 2.